The van der Waals surface area contributed by atoms with Crippen LogP contribution in [-0.2, 0) is 22.6 Å². The molecule has 2 fully saturated rings. The smallest absolute Gasteiger partial charge is 0.318 e. The van der Waals surface area contributed by atoms with Crippen LogP contribution in [0.1, 0.15) is 42.2 Å². The van der Waals surface area contributed by atoms with Crippen molar-refractivity contribution < 1.29 is 18.7 Å². The Morgan fingerprint density at radius 2 is 2.02 bits per heavy atom. The Labute approximate surface area is 255 Å². The van der Waals surface area contributed by atoms with E-state index in [1.807, 2.05) is 41.3 Å². The van der Waals surface area contributed by atoms with Gasteiger partial charge in [-0.25, -0.2) is 4.39 Å². The topological polar surface area (TPSA) is 94.8 Å². The molecule has 3 aliphatic rings. The van der Waals surface area contributed by atoms with Crippen molar-refractivity contribution >= 4 is 34.1 Å². The van der Waals surface area contributed by atoms with Gasteiger partial charge in [0, 0.05) is 48.1 Å². The van der Waals surface area contributed by atoms with Gasteiger partial charge in [0.2, 0.25) is 0 Å². The van der Waals surface area contributed by atoms with Crippen molar-refractivity contribution in [3.8, 4) is 12.1 Å². The molecule has 43 heavy (non-hydrogen) atoms. The molecule has 0 aliphatic carbocycles. The minimum Gasteiger partial charge on any atom is -0.462 e. The zero-order valence-electron chi connectivity index (χ0n) is 24.1. The summed E-state index contributed by atoms with van der Waals surface area (Å²) in [5.74, 6) is -1.16. The predicted molar refractivity (Wildman–Crippen MR) is 162 cm³/mol. The highest BCUT2D eigenvalue weighted by atomic mass is 35.5. The number of rotatable bonds is 7. The molecule has 11 heteroatoms. The van der Waals surface area contributed by atoms with Gasteiger partial charge in [-0.3, -0.25) is 4.79 Å². The van der Waals surface area contributed by atoms with E-state index in [-0.39, 0.29) is 31.7 Å². The zero-order chi connectivity index (χ0) is 30.1. The van der Waals surface area contributed by atoms with Gasteiger partial charge in [0.05, 0.1) is 36.9 Å². The number of carbonyl (C=O) groups excluding carboxylic acids is 1. The highest BCUT2D eigenvalue weighted by Crippen LogP contribution is 2.39. The number of hydrogen-bond donors (Lipinski definition) is 0. The van der Waals surface area contributed by atoms with E-state index in [4.69, 9.17) is 31.0 Å². The fourth-order valence-electron chi connectivity index (χ4n) is 6.46. The van der Waals surface area contributed by atoms with Gasteiger partial charge in [0.15, 0.2) is 5.83 Å². The molecule has 1 unspecified atom stereocenters. The summed E-state index contributed by atoms with van der Waals surface area (Å²) in [5, 5.41) is 12.1. The Hall–Kier alpha value is -3.78. The average molecular weight is 605 g/mol. The van der Waals surface area contributed by atoms with E-state index in [2.05, 4.69) is 24.6 Å². The number of nitriles is 1. The third-order valence-electron chi connectivity index (χ3n) is 8.77. The van der Waals surface area contributed by atoms with E-state index in [0.29, 0.717) is 43.0 Å². The lowest BCUT2D eigenvalue weighted by molar-refractivity contribution is -0.131. The number of likely N-dealkylation sites (N-methyl/N-ethyl adjacent to an activating group) is 1. The summed E-state index contributed by atoms with van der Waals surface area (Å²) in [6.45, 7) is 5.89. The van der Waals surface area contributed by atoms with E-state index >= 15 is 0 Å². The van der Waals surface area contributed by atoms with E-state index < -0.39 is 17.8 Å². The molecule has 6 rings (SSSR count). The highest BCUT2D eigenvalue weighted by Gasteiger charge is 2.36. The molecular weight excluding hydrogens is 571 g/mol. The van der Waals surface area contributed by atoms with Crippen molar-refractivity contribution in [2.45, 2.75) is 50.5 Å². The lowest BCUT2D eigenvalue weighted by Gasteiger charge is -2.42. The molecule has 2 aromatic carbocycles. The maximum Gasteiger partial charge on any atom is 0.318 e. The number of ether oxygens (including phenoxy) is 2. The first-order chi connectivity index (χ1) is 20.8. The molecule has 3 atom stereocenters. The molecule has 3 aliphatic heterocycles. The van der Waals surface area contributed by atoms with Crippen LogP contribution in [0.2, 0.25) is 5.02 Å². The number of amides is 1. The van der Waals surface area contributed by atoms with Crippen LogP contribution in [0.5, 0.6) is 6.01 Å². The van der Waals surface area contributed by atoms with E-state index in [1.54, 1.807) is 0 Å². The monoisotopic (exact) mass is 604 g/mol. The zero-order valence-corrected chi connectivity index (χ0v) is 24.9. The van der Waals surface area contributed by atoms with Gasteiger partial charge in [0.1, 0.15) is 12.4 Å². The molecule has 0 N–H and O–H groups in total. The Morgan fingerprint density at radius 1 is 1.21 bits per heavy atom. The third-order valence-corrected chi connectivity index (χ3v) is 9.08. The van der Waals surface area contributed by atoms with Gasteiger partial charge in [0.25, 0.3) is 5.91 Å². The standard InChI is InChI=1S/C32H34ClFN6O3/c1-20(34)31(41)40-15-14-39(17-22(40)11-12-35)30-25-19-42-28(24-9-3-6-21-7-4-10-26(33)29(21)24)16-27(25)36-32(37-30)43-18-23-8-5-13-38(23)2/h3-4,6-7,9-10,22-23,28H,1,5,8,11,13-19H2,2H3/t22-,23-,28?/m0/s1. The number of nitrogens with zero attached hydrogens (tertiary/aromatic N) is 6. The first-order valence-electron chi connectivity index (χ1n) is 14.6. The minimum atomic E-state index is -1.03. The maximum atomic E-state index is 13.8. The van der Waals surface area contributed by atoms with Gasteiger partial charge in [-0.15, -0.1) is 0 Å². The van der Waals surface area contributed by atoms with Crippen LogP contribution in [-0.4, -0.2) is 77.6 Å². The molecule has 0 saturated carbocycles. The third kappa shape index (κ3) is 5.90. The van der Waals surface area contributed by atoms with Crippen LogP contribution in [0.25, 0.3) is 10.8 Å². The Balaban J connectivity index is 1.34. The van der Waals surface area contributed by atoms with Gasteiger partial charge >= 0.3 is 6.01 Å². The van der Waals surface area contributed by atoms with Crippen molar-refractivity contribution in [3.05, 3.63) is 70.6 Å². The molecule has 2 saturated heterocycles. The number of halogens is 2. The van der Waals surface area contributed by atoms with E-state index in [9.17, 15) is 14.4 Å². The Kier molecular flexibility index (Phi) is 8.48. The second-order valence-corrected chi connectivity index (χ2v) is 11.8. The summed E-state index contributed by atoms with van der Waals surface area (Å²) < 4.78 is 26.5. The van der Waals surface area contributed by atoms with Crippen LogP contribution in [0.4, 0.5) is 10.2 Å². The first kappa shape index (κ1) is 29.3. The number of anilines is 1. The molecule has 1 aromatic heterocycles. The summed E-state index contributed by atoms with van der Waals surface area (Å²) in [6.07, 6.45) is 2.46. The van der Waals surface area contributed by atoms with Crippen molar-refractivity contribution in [2.75, 3.05) is 44.7 Å². The predicted octanol–water partition coefficient (Wildman–Crippen LogP) is 4.98. The number of carbonyl (C=O) groups is 1. The molecule has 0 radical (unpaired) electrons. The fourth-order valence-corrected chi connectivity index (χ4v) is 6.75. The number of fused-ring (bicyclic) bond motifs is 2. The molecule has 4 heterocycles. The highest BCUT2D eigenvalue weighted by molar-refractivity contribution is 6.35. The SMILES string of the molecule is C=C(F)C(=O)N1CCN(c2nc(OC[C@@H]3CCCN3C)nc3c2COC(c2cccc4cccc(Cl)c24)C3)C[C@@H]1CC#N. The fraction of sp³-hybridized carbons (Fsp3) is 0.438. The van der Waals surface area contributed by atoms with Crippen LogP contribution >= 0.6 is 11.6 Å². The van der Waals surface area contributed by atoms with Crippen molar-refractivity contribution in [1.82, 2.24) is 19.8 Å². The summed E-state index contributed by atoms with van der Waals surface area (Å²) in [7, 11) is 2.10. The Morgan fingerprint density at radius 3 is 2.77 bits per heavy atom. The summed E-state index contributed by atoms with van der Waals surface area (Å²) in [4.78, 5) is 27.9. The number of hydrogen-bond acceptors (Lipinski definition) is 8. The van der Waals surface area contributed by atoms with Crippen LogP contribution < -0.4 is 9.64 Å². The molecule has 1 amide bonds. The second-order valence-electron chi connectivity index (χ2n) is 11.4. The van der Waals surface area contributed by atoms with Crippen LogP contribution in [0, 0.1) is 11.3 Å². The van der Waals surface area contributed by atoms with Crippen molar-refractivity contribution in [2.24, 2.45) is 0 Å². The number of likely N-dealkylation sites (tertiary alicyclic amines) is 1. The number of aromatic nitrogens is 2. The largest absolute Gasteiger partial charge is 0.462 e. The molecule has 0 spiro atoms. The Bertz CT molecular complexity index is 1590. The summed E-state index contributed by atoms with van der Waals surface area (Å²) in [6, 6.07) is 14.1. The lowest BCUT2D eigenvalue weighted by atomic mass is 9.94. The quantitative estimate of drug-likeness (QED) is 0.349. The lowest BCUT2D eigenvalue weighted by Crippen LogP contribution is -2.55. The average Bonchev–Trinajstić information content (AvgIpc) is 3.43. The van der Waals surface area contributed by atoms with Crippen LogP contribution in [0.15, 0.2) is 48.8 Å². The van der Waals surface area contributed by atoms with Crippen molar-refractivity contribution in [3.63, 3.8) is 0 Å². The number of benzene rings is 2. The van der Waals surface area contributed by atoms with Gasteiger partial charge in [-0.1, -0.05) is 48.5 Å². The molecule has 3 aromatic rings. The number of piperazine rings is 1. The summed E-state index contributed by atoms with van der Waals surface area (Å²) >= 11 is 6.65. The molecule has 224 valence electrons. The molecular formula is C32H34ClFN6O3. The minimum absolute atomic E-state index is 0.0561. The van der Waals surface area contributed by atoms with E-state index in [1.165, 1.54) is 4.90 Å². The maximum absolute atomic E-state index is 13.8. The molecule has 0 bridgehead atoms. The van der Waals surface area contributed by atoms with Gasteiger partial charge in [-0.05, 0) is 43.5 Å². The van der Waals surface area contributed by atoms with E-state index in [0.717, 1.165) is 47.0 Å². The van der Waals surface area contributed by atoms with Crippen LogP contribution in [0.3, 0.4) is 0 Å². The summed E-state index contributed by atoms with van der Waals surface area (Å²) in [5.41, 5.74) is 2.67. The van der Waals surface area contributed by atoms with Gasteiger partial charge in [-0.2, -0.15) is 15.2 Å². The van der Waals surface area contributed by atoms with Gasteiger partial charge < -0.3 is 24.2 Å². The first-order valence-corrected chi connectivity index (χ1v) is 15.0. The normalized spacial score (nSPS) is 22.3. The van der Waals surface area contributed by atoms with Crippen molar-refractivity contribution in [1.29, 1.82) is 5.26 Å². The second kappa shape index (κ2) is 12.4. The molecule has 9 nitrogen and oxygen atoms in total.